The minimum Gasteiger partial charge on any atom is -0.460 e. The molecular weight excluding hydrogens is 296 g/mol. The zero-order chi connectivity index (χ0) is 19.0. The van der Waals surface area contributed by atoms with E-state index in [1.54, 1.807) is 0 Å². The predicted molar refractivity (Wildman–Crippen MR) is 102 cm³/mol. The van der Waals surface area contributed by atoms with Crippen molar-refractivity contribution in [2.45, 2.75) is 81.3 Å². The molecule has 0 fully saturated rings. The average molecular weight is 333 g/mol. The quantitative estimate of drug-likeness (QED) is 0.623. The number of benzene rings is 1. The van der Waals surface area contributed by atoms with Crippen molar-refractivity contribution >= 4 is 5.97 Å². The van der Waals surface area contributed by atoms with Gasteiger partial charge in [0.05, 0.1) is 5.41 Å². The second-order valence-electron chi connectivity index (χ2n) is 10.1. The zero-order valence-corrected chi connectivity index (χ0v) is 17.3. The third-order valence-electron chi connectivity index (χ3n) is 5.60. The molecule has 1 rings (SSSR count). The lowest BCUT2D eigenvalue weighted by Gasteiger charge is -2.48. The van der Waals surface area contributed by atoms with Crippen molar-refractivity contribution in [3.63, 3.8) is 0 Å². The first-order valence-electron chi connectivity index (χ1n) is 8.87. The van der Waals surface area contributed by atoms with Crippen LogP contribution in [0.15, 0.2) is 24.3 Å². The maximum Gasteiger partial charge on any atom is 0.313 e. The summed E-state index contributed by atoms with van der Waals surface area (Å²) in [5, 5.41) is 0. The summed E-state index contributed by atoms with van der Waals surface area (Å²) in [6.07, 6.45) is 0. The van der Waals surface area contributed by atoms with Crippen LogP contribution in [0.2, 0.25) is 0 Å². The highest BCUT2D eigenvalue weighted by Gasteiger charge is 2.53. The van der Waals surface area contributed by atoms with Crippen LogP contribution in [0.5, 0.6) is 0 Å². The summed E-state index contributed by atoms with van der Waals surface area (Å²) >= 11 is 0. The molecule has 0 amide bonds. The maximum atomic E-state index is 12.9. The predicted octanol–water partition coefficient (Wildman–Crippen LogP) is 6.13. The molecule has 1 aromatic carbocycles. The molecule has 0 spiro atoms. The third kappa shape index (κ3) is 4.20. The van der Waals surface area contributed by atoms with Crippen molar-refractivity contribution in [2.24, 2.45) is 16.2 Å². The molecule has 0 aliphatic rings. The van der Waals surface area contributed by atoms with Gasteiger partial charge in [-0.3, -0.25) is 4.79 Å². The van der Waals surface area contributed by atoms with E-state index in [9.17, 15) is 4.79 Å². The molecule has 24 heavy (non-hydrogen) atoms. The van der Waals surface area contributed by atoms with Gasteiger partial charge in [-0.2, -0.15) is 0 Å². The number of hydrogen-bond acceptors (Lipinski definition) is 2. The summed E-state index contributed by atoms with van der Waals surface area (Å²) in [5.74, 6) is -0.123. The molecule has 0 saturated carbocycles. The number of rotatable bonds is 3. The monoisotopic (exact) mass is 332 g/mol. The number of ether oxygens (including phenoxy) is 1. The van der Waals surface area contributed by atoms with Crippen molar-refractivity contribution in [3.8, 4) is 0 Å². The van der Waals surface area contributed by atoms with Crippen LogP contribution in [0.1, 0.15) is 80.4 Å². The number of esters is 1. The van der Waals surface area contributed by atoms with Crippen LogP contribution < -0.4 is 0 Å². The molecule has 0 radical (unpaired) electrons. The van der Waals surface area contributed by atoms with E-state index in [-0.39, 0.29) is 22.2 Å². The Morgan fingerprint density at radius 3 is 1.54 bits per heavy atom. The molecule has 136 valence electrons. The summed E-state index contributed by atoms with van der Waals surface area (Å²) in [6.45, 7) is 21.6. The van der Waals surface area contributed by atoms with Gasteiger partial charge in [-0.15, -0.1) is 0 Å². The Morgan fingerprint density at radius 1 is 0.792 bits per heavy atom. The van der Waals surface area contributed by atoms with Crippen LogP contribution in [0.4, 0.5) is 0 Å². The Hall–Kier alpha value is -1.31. The van der Waals surface area contributed by atoms with Gasteiger partial charge >= 0.3 is 5.97 Å². The summed E-state index contributed by atoms with van der Waals surface area (Å²) in [6, 6.07) is 8.35. The van der Waals surface area contributed by atoms with Gasteiger partial charge in [-0.05, 0) is 34.3 Å². The lowest BCUT2D eigenvalue weighted by molar-refractivity contribution is -0.174. The summed E-state index contributed by atoms with van der Waals surface area (Å²) in [7, 11) is 0. The van der Waals surface area contributed by atoms with Gasteiger partial charge in [0.15, 0.2) is 0 Å². The SMILES string of the molecule is CC(C)(C)c1ccc(COC(=O)C(C)(C(C)(C)C)C(C)(C)C)cc1. The Morgan fingerprint density at radius 2 is 1.21 bits per heavy atom. The molecule has 0 aromatic heterocycles. The Balaban J connectivity index is 2.91. The van der Waals surface area contributed by atoms with Gasteiger partial charge in [-0.25, -0.2) is 0 Å². The van der Waals surface area contributed by atoms with Gasteiger partial charge in [0.2, 0.25) is 0 Å². The first-order chi connectivity index (χ1) is 10.6. The van der Waals surface area contributed by atoms with Crippen LogP contribution in [-0.4, -0.2) is 5.97 Å². The molecule has 2 heteroatoms. The molecule has 2 nitrogen and oxygen atoms in total. The molecule has 0 atom stereocenters. The van der Waals surface area contributed by atoms with E-state index in [4.69, 9.17) is 4.74 Å². The molecular formula is C22H36O2. The Labute approximate surface area is 149 Å². The highest BCUT2D eigenvalue weighted by atomic mass is 16.5. The molecule has 0 bridgehead atoms. The lowest BCUT2D eigenvalue weighted by Crippen LogP contribution is -2.50. The van der Waals surface area contributed by atoms with Crippen LogP contribution in [0, 0.1) is 16.2 Å². The van der Waals surface area contributed by atoms with Gasteiger partial charge in [0.1, 0.15) is 6.61 Å². The normalized spacial score (nSPS) is 13.8. The zero-order valence-electron chi connectivity index (χ0n) is 17.3. The Bertz CT molecular complexity index is 546. The van der Waals surface area contributed by atoms with Crippen LogP contribution in [0.25, 0.3) is 0 Å². The summed E-state index contributed by atoms with van der Waals surface area (Å²) < 4.78 is 5.73. The number of carbonyl (C=O) groups is 1. The lowest BCUT2D eigenvalue weighted by atomic mass is 9.55. The largest absolute Gasteiger partial charge is 0.460 e. The van der Waals surface area contributed by atoms with Crippen molar-refractivity contribution in [3.05, 3.63) is 35.4 Å². The number of hydrogen-bond donors (Lipinski definition) is 0. The summed E-state index contributed by atoms with van der Waals surface area (Å²) in [5.41, 5.74) is 1.52. The van der Waals surface area contributed by atoms with E-state index in [0.29, 0.717) is 6.61 Å². The van der Waals surface area contributed by atoms with Crippen LogP contribution in [-0.2, 0) is 21.6 Å². The smallest absolute Gasteiger partial charge is 0.313 e. The number of carbonyl (C=O) groups excluding carboxylic acids is 1. The summed E-state index contributed by atoms with van der Waals surface area (Å²) in [4.78, 5) is 12.9. The maximum absolute atomic E-state index is 12.9. The van der Waals surface area contributed by atoms with Gasteiger partial charge < -0.3 is 4.74 Å². The average Bonchev–Trinajstić information content (AvgIpc) is 2.40. The molecule has 0 aliphatic heterocycles. The first kappa shape index (κ1) is 20.7. The van der Waals surface area contributed by atoms with E-state index in [1.165, 1.54) is 5.56 Å². The standard InChI is InChI=1S/C22H36O2/c1-19(2,3)17-13-11-16(12-14-17)15-24-18(23)22(10,20(4,5)6)21(7,8)9/h11-14H,15H2,1-10H3. The first-order valence-corrected chi connectivity index (χ1v) is 8.87. The molecule has 1 aromatic rings. The fourth-order valence-electron chi connectivity index (χ4n) is 3.13. The van der Waals surface area contributed by atoms with Crippen molar-refractivity contribution in [2.75, 3.05) is 0 Å². The minimum absolute atomic E-state index is 0.123. The van der Waals surface area contributed by atoms with Gasteiger partial charge in [0, 0.05) is 0 Å². The van der Waals surface area contributed by atoms with E-state index in [1.807, 2.05) is 6.92 Å². The topological polar surface area (TPSA) is 26.3 Å². The highest BCUT2D eigenvalue weighted by Crippen LogP contribution is 2.52. The Kier molecular flexibility index (Phi) is 5.65. The molecule has 0 saturated heterocycles. The van der Waals surface area contributed by atoms with Crippen molar-refractivity contribution < 1.29 is 9.53 Å². The van der Waals surface area contributed by atoms with E-state index in [0.717, 1.165) is 5.56 Å². The fraction of sp³-hybridized carbons (Fsp3) is 0.682. The van der Waals surface area contributed by atoms with Crippen molar-refractivity contribution in [1.82, 2.24) is 0 Å². The second-order valence-corrected chi connectivity index (χ2v) is 10.1. The molecule has 0 heterocycles. The van der Waals surface area contributed by atoms with E-state index >= 15 is 0 Å². The van der Waals surface area contributed by atoms with Gasteiger partial charge in [0.25, 0.3) is 0 Å². The van der Waals surface area contributed by atoms with Crippen molar-refractivity contribution in [1.29, 1.82) is 0 Å². The highest BCUT2D eigenvalue weighted by molar-refractivity contribution is 5.78. The fourth-order valence-corrected chi connectivity index (χ4v) is 3.13. The van der Waals surface area contributed by atoms with Crippen LogP contribution in [0.3, 0.4) is 0 Å². The van der Waals surface area contributed by atoms with E-state index in [2.05, 4.69) is 86.6 Å². The third-order valence-corrected chi connectivity index (χ3v) is 5.60. The van der Waals surface area contributed by atoms with E-state index < -0.39 is 5.41 Å². The van der Waals surface area contributed by atoms with Crippen LogP contribution >= 0.6 is 0 Å². The van der Waals surface area contributed by atoms with Gasteiger partial charge in [-0.1, -0.05) is 86.6 Å². The minimum atomic E-state index is -0.564. The molecule has 0 aliphatic carbocycles. The second kappa shape index (κ2) is 6.54. The molecule has 0 unspecified atom stereocenters. The molecule has 0 N–H and O–H groups in total.